The van der Waals surface area contributed by atoms with E-state index >= 15 is 0 Å². The van der Waals surface area contributed by atoms with Gasteiger partial charge in [-0.2, -0.15) is 13.2 Å². The molecule has 1 rings (SSSR count). The second-order valence-corrected chi connectivity index (χ2v) is 5.28. The summed E-state index contributed by atoms with van der Waals surface area (Å²) >= 11 is 0. The molecule has 7 heteroatoms. The molecule has 0 saturated heterocycles. The number of nitrogens with one attached hydrogen (secondary N) is 1. The summed E-state index contributed by atoms with van der Waals surface area (Å²) in [4.78, 5) is 10.2. The first-order valence-electron chi connectivity index (χ1n) is 6.77. The van der Waals surface area contributed by atoms with Crippen molar-refractivity contribution in [3.63, 3.8) is 0 Å². The highest BCUT2D eigenvalue weighted by molar-refractivity contribution is 5.63. The summed E-state index contributed by atoms with van der Waals surface area (Å²) in [5, 5.41) is 13.9. The van der Waals surface area contributed by atoms with Gasteiger partial charge < -0.3 is 5.32 Å². The molecular formula is C14H19F3N2O2. The number of alkyl halides is 3. The van der Waals surface area contributed by atoms with Gasteiger partial charge in [0.25, 0.3) is 5.69 Å². The van der Waals surface area contributed by atoms with Crippen molar-refractivity contribution >= 4 is 11.4 Å². The van der Waals surface area contributed by atoms with Gasteiger partial charge in [0.15, 0.2) is 0 Å². The van der Waals surface area contributed by atoms with Crippen LogP contribution in [-0.4, -0.2) is 11.0 Å². The third kappa shape index (κ3) is 4.91. The van der Waals surface area contributed by atoms with E-state index in [1.54, 1.807) is 0 Å². The zero-order valence-corrected chi connectivity index (χ0v) is 12.2. The first-order chi connectivity index (χ1) is 9.65. The number of benzene rings is 1. The zero-order chi connectivity index (χ0) is 16.2. The van der Waals surface area contributed by atoms with Crippen LogP contribution in [0.4, 0.5) is 24.5 Å². The first kappa shape index (κ1) is 17.3. The Morgan fingerprint density at radius 3 is 2.43 bits per heavy atom. The van der Waals surface area contributed by atoms with Crippen LogP contribution >= 0.6 is 0 Å². The minimum atomic E-state index is -4.59. The van der Waals surface area contributed by atoms with Crippen LogP contribution in [0.1, 0.15) is 39.2 Å². The topological polar surface area (TPSA) is 55.2 Å². The first-order valence-corrected chi connectivity index (χ1v) is 6.77. The highest BCUT2D eigenvalue weighted by atomic mass is 19.4. The number of nitro groups is 1. The average molecular weight is 304 g/mol. The molecule has 0 aromatic heterocycles. The standard InChI is InChI=1S/C14H19F3N2O2/c1-4-9(2)7-10(3)18-12-6-5-11(14(15,16)17)8-13(12)19(20)21/h5-6,8-10,18H,4,7H2,1-3H3. The summed E-state index contributed by atoms with van der Waals surface area (Å²) in [7, 11) is 0. The van der Waals surface area contributed by atoms with Crippen molar-refractivity contribution in [3.8, 4) is 0 Å². The molecule has 0 aliphatic carbocycles. The van der Waals surface area contributed by atoms with E-state index in [9.17, 15) is 23.3 Å². The molecule has 0 radical (unpaired) electrons. The predicted octanol–water partition coefficient (Wildman–Crippen LogP) is 4.85. The minimum absolute atomic E-state index is 0.0598. The van der Waals surface area contributed by atoms with Crippen LogP contribution in [0.15, 0.2) is 18.2 Å². The van der Waals surface area contributed by atoms with Gasteiger partial charge in [0.2, 0.25) is 0 Å². The molecule has 4 nitrogen and oxygen atoms in total. The number of hydrogen-bond donors (Lipinski definition) is 1. The lowest BCUT2D eigenvalue weighted by Gasteiger charge is -2.19. The molecule has 21 heavy (non-hydrogen) atoms. The SMILES string of the molecule is CCC(C)CC(C)Nc1ccc(C(F)(F)F)cc1[N+](=O)[O-]. The van der Waals surface area contributed by atoms with Crippen LogP contribution in [0.3, 0.4) is 0 Å². The Kier molecular flexibility index (Phi) is 5.57. The van der Waals surface area contributed by atoms with Crippen molar-refractivity contribution in [1.82, 2.24) is 0 Å². The van der Waals surface area contributed by atoms with E-state index < -0.39 is 22.4 Å². The number of hydrogen-bond acceptors (Lipinski definition) is 3. The van der Waals surface area contributed by atoms with E-state index in [0.29, 0.717) is 12.0 Å². The van der Waals surface area contributed by atoms with E-state index in [2.05, 4.69) is 12.2 Å². The van der Waals surface area contributed by atoms with Crippen LogP contribution in [0.5, 0.6) is 0 Å². The monoisotopic (exact) mass is 304 g/mol. The summed E-state index contributed by atoms with van der Waals surface area (Å²) in [6.45, 7) is 5.95. The molecule has 0 saturated carbocycles. The van der Waals surface area contributed by atoms with Gasteiger partial charge >= 0.3 is 6.18 Å². The maximum atomic E-state index is 12.6. The number of nitrogens with zero attached hydrogens (tertiary/aromatic N) is 1. The number of halogens is 3. The molecule has 2 unspecified atom stereocenters. The minimum Gasteiger partial charge on any atom is -0.377 e. The Hall–Kier alpha value is -1.79. The molecular weight excluding hydrogens is 285 g/mol. The fourth-order valence-electron chi connectivity index (χ4n) is 2.08. The van der Waals surface area contributed by atoms with E-state index in [4.69, 9.17) is 0 Å². The lowest BCUT2D eigenvalue weighted by Crippen LogP contribution is -2.19. The van der Waals surface area contributed by atoms with Crippen molar-refractivity contribution in [1.29, 1.82) is 0 Å². The Bertz CT molecular complexity index is 503. The summed E-state index contributed by atoms with van der Waals surface area (Å²) in [6, 6.07) is 2.48. The quantitative estimate of drug-likeness (QED) is 0.603. The number of rotatable bonds is 6. The molecule has 1 N–H and O–H groups in total. The lowest BCUT2D eigenvalue weighted by atomic mass is 10.00. The molecule has 0 aliphatic heterocycles. The maximum Gasteiger partial charge on any atom is 0.416 e. The fourth-order valence-corrected chi connectivity index (χ4v) is 2.08. The lowest BCUT2D eigenvalue weighted by molar-refractivity contribution is -0.384. The Balaban J connectivity index is 2.99. The fraction of sp³-hybridized carbons (Fsp3) is 0.571. The number of anilines is 1. The van der Waals surface area contributed by atoms with Crippen molar-refractivity contribution in [2.45, 2.75) is 45.8 Å². The number of nitro benzene ring substituents is 1. The second kappa shape index (κ2) is 6.78. The molecule has 0 spiro atoms. The Morgan fingerprint density at radius 1 is 1.33 bits per heavy atom. The van der Waals surface area contributed by atoms with E-state index in [1.165, 1.54) is 0 Å². The van der Waals surface area contributed by atoms with Crippen molar-refractivity contribution in [2.24, 2.45) is 5.92 Å². The highest BCUT2D eigenvalue weighted by Gasteiger charge is 2.33. The van der Waals surface area contributed by atoms with Crippen LogP contribution < -0.4 is 5.32 Å². The van der Waals surface area contributed by atoms with E-state index in [-0.39, 0.29) is 11.7 Å². The van der Waals surface area contributed by atoms with Gasteiger partial charge in [-0.15, -0.1) is 0 Å². The van der Waals surface area contributed by atoms with Crippen LogP contribution in [0.2, 0.25) is 0 Å². The Morgan fingerprint density at radius 2 is 1.95 bits per heavy atom. The van der Waals surface area contributed by atoms with Crippen molar-refractivity contribution in [2.75, 3.05) is 5.32 Å². The van der Waals surface area contributed by atoms with Crippen molar-refractivity contribution in [3.05, 3.63) is 33.9 Å². The molecule has 0 amide bonds. The molecule has 118 valence electrons. The summed E-state index contributed by atoms with van der Waals surface area (Å²) in [6.07, 6.45) is -2.83. The van der Waals surface area contributed by atoms with Gasteiger partial charge in [0.05, 0.1) is 10.5 Å². The second-order valence-electron chi connectivity index (χ2n) is 5.28. The molecule has 0 heterocycles. The van der Waals surface area contributed by atoms with Gasteiger partial charge in [-0.1, -0.05) is 20.3 Å². The van der Waals surface area contributed by atoms with Crippen LogP contribution in [0, 0.1) is 16.0 Å². The molecule has 0 bridgehead atoms. The highest BCUT2D eigenvalue weighted by Crippen LogP contribution is 2.35. The normalized spacial score (nSPS) is 14.6. The van der Waals surface area contributed by atoms with Gasteiger partial charge in [0, 0.05) is 12.1 Å². The van der Waals surface area contributed by atoms with Crippen LogP contribution in [-0.2, 0) is 6.18 Å². The molecule has 1 aromatic rings. The smallest absolute Gasteiger partial charge is 0.377 e. The zero-order valence-electron chi connectivity index (χ0n) is 12.2. The van der Waals surface area contributed by atoms with E-state index in [1.807, 2.05) is 13.8 Å². The van der Waals surface area contributed by atoms with Gasteiger partial charge in [-0.3, -0.25) is 10.1 Å². The third-order valence-electron chi connectivity index (χ3n) is 3.38. The average Bonchev–Trinajstić information content (AvgIpc) is 2.37. The van der Waals surface area contributed by atoms with Crippen LogP contribution in [0.25, 0.3) is 0 Å². The summed E-state index contributed by atoms with van der Waals surface area (Å²) in [5.74, 6) is 0.431. The maximum absolute atomic E-state index is 12.6. The third-order valence-corrected chi connectivity index (χ3v) is 3.38. The van der Waals surface area contributed by atoms with E-state index in [0.717, 1.165) is 25.0 Å². The van der Waals surface area contributed by atoms with Gasteiger partial charge in [-0.25, -0.2) is 0 Å². The Labute approximate surface area is 121 Å². The van der Waals surface area contributed by atoms with Crippen molar-refractivity contribution < 1.29 is 18.1 Å². The predicted molar refractivity (Wildman–Crippen MR) is 75.3 cm³/mol. The molecule has 2 atom stereocenters. The summed E-state index contributed by atoms with van der Waals surface area (Å²) in [5.41, 5.74) is -1.46. The molecule has 0 aliphatic rings. The summed E-state index contributed by atoms with van der Waals surface area (Å²) < 4.78 is 37.8. The van der Waals surface area contributed by atoms with Gasteiger partial charge in [0.1, 0.15) is 5.69 Å². The largest absolute Gasteiger partial charge is 0.416 e. The molecule has 0 fully saturated rings. The van der Waals surface area contributed by atoms with Gasteiger partial charge in [-0.05, 0) is 31.4 Å². The molecule has 1 aromatic carbocycles.